The highest BCUT2D eigenvalue weighted by Gasteiger charge is 2.23. The largest absolute Gasteiger partial charge is 0.480 e. The zero-order chi connectivity index (χ0) is 15.6. The molecule has 3 N–H and O–H groups in total. The number of nitrogens with zero attached hydrogens (tertiary/aromatic N) is 2. The summed E-state index contributed by atoms with van der Waals surface area (Å²) in [6, 6.07) is 0.380. The van der Waals surface area contributed by atoms with Crippen LogP contribution in [0.1, 0.15) is 28.2 Å². The van der Waals surface area contributed by atoms with E-state index in [4.69, 9.17) is 14.7 Å². The molecule has 2 aromatic heterocycles. The standard InChI is InChI=1S/C13H15N3O5/c1-6-5-8(10-7(2)16-21-12(10)14-6)11(18)15-9(3-4-17)13(19)20/h5,9,17H,3-4H2,1-2H3,(H,15,18)(H,19,20). The van der Waals surface area contributed by atoms with Crippen molar-refractivity contribution < 1.29 is 24.3 Å². The molecule has 0 saturated carbocycles. The summed E-state index contributed by atoms with van der Waals surface area (Å²) in [5, 5.41) is 24.4. The van der Waals surface area contributed by atoms with E-state index in [1.807, 2.05) is 0 Å². The summed E-state index contributed by atoms with van der Waals surface area (Å²) in [5.41, 5.74) is 1.53. The molecule has 1 atom stereocenters. The van der Waals surface area contributed by atoms with E-state index in [9.17, 15) is 9.59 Å². The predicted molar refractivity (Wildman–Crippen MR) is 71.9 cm³/mol. The zero-order valence-electron chi connectivity index (χ0n) is 11.6. The maximum absolute atomic E-state index is 12.3. The summed E-state index contributed by atoms with van der Waals surface area (Å²) >= 11 is 0. The molecule has 0 saturated heterocycles. The highest BCUT2D eigenvalue weighted by Crippen LogP contribution is 2.21. The van der Waals surface area contributed by atoms with Crippen LogP contribution in [0.2, 0.25) is 0 Å². The molecule has 0 aliphatic rings. The number of aliphatic hydroxyl groups excluding tert-OH is 1. The van der Waals surface area contributed by atoms with Gasteiger partial charge in [-0.1, -0.05) is 5.16 Å². The van der Waals surface area contributed by atoms with Gasteiger partial charge in [-0.15, -0.1) is 0 Å². The molecule has 1 amide bonds. The van der Waals surface area contributed by atoms with Crippen molar-refractivity contribution in [1.82, 2.24) is 15.5 Å². The zero-order valence-corrected chi connectivity index (χ0v) is 11.6. The third kappa shape index (κ3) is 3.00. The Morgan fingerprint density at radius 1 is 1.43 bits per heavy atom. The third-order valence-corrected chi connectivity index (χ3v) is 3.01. The SMILES string of the molecule is Cc1cc(C(=O)NC(CCO)C(=O)O)c2c(C)noc2n1. The first-order valence-electron chi connectivity index (χ1n) is 6.32. The van der Waals surface area contributed by atoms with Gasteiger partial charge in [-0.2, -0.15) is 0 Å². The second kappa shape index (κ2) is 5.88. The van der Waals surface area contributed by atoms with E-state index in [2.05, 4.69) is 15.5 Å². The molecular weight excluding hydrogens is 278 g/mol. The predicted octanol–water partition coefficient (Wildman–Crippen LogP) is 0.405. The Balaban J connectivity index is 2.39. The lowest BCUT2D eigenvalue weighted by Crippen LogP contribution is -2.41. The van der Waals surface area contributed by atoms with Crippen LogP contribution in [-0.4, -0.2) is 44.9 Å². The van der Waals surface area contributed by atoms with E-state index in [1.54, 1.807) is 19.9 Å². The van der Waals surface area contributed by atoms with Crippen LogP contribution < -0.4 is 5.32 Å². The third-order valence-electron chi connectivity index (χ3n) is 3.01. The van der Waals surface area contributed by atoms with E-state index in [-0.39, 0.29) is 24.3 Å². The number of aromatic nitrogens is 2. The quantitative estimate of drug-likeness (QED) is 0.728. The first-order valence-corrected chi connectivity index (χ1v) is 6.32. The Kier molecular flexibility index (Phi) is 4.18. The Morgan fingerprint density at radius 2 is 2.14 bits per heavy atom. The van der Waals surface area contributed by atoms with E-state index in [0.29, 0.717) is 16.8 Å². The molecule has 0 aliphatic carbocycles. The van der Waals surface area contributed by atoms with E-state index >= 15 is 0 Å². The van der Waals surface area contributed by atoms with E-state index < -0.39 is 17.9 Å². The molecule has 21 heavy (non-hydrogen) atoms. The minimum atomic E-state index is -1.21. The van der Waals surface area contributed by atoms with Crippen LogP contribution in [-0.2, 0) is 4.79 Å². The van der Waals surface area contributed by atoms with E-state index in [1.165, 1.54) is 0 Å². The first-order chi connectivity index (χ1) is 9.93. The molecule has 0 bridgehead atoms. The van der Waals surface area contributed by atoms with Gasteiger partial charge in [0.05, 0.1) is 16.6 Å². The fraction of sp³-hybridized carbons (Fsp3) is 0.385. The average Bonchev–Trinajstić information content (AvgIpc) is 2.78. The number of pyridine rings is 1. The number of carboxylic acids is 1. The number of hydrogen-bond donors (Lipinski definition) is 3. The Hall–Kier alpha value is -2.48. The van der Waals surface area contributed by atoms with Gasteiger partial charge < -0.3 is 20.1 Å². The number of aryl methyl sites for hydroxylation is 2. The van der Waals surface area contributed by atoms with Gasteiger partial charge in [0.15, 0.2) is 0 Å². The number of fused-ring (bicyclic) bond motifs is 1. The van der Waals surface area contributed by atoms with Crippen molar-refractivity contribution in [3.05, 3.63) is 23.0 Å². The van der Waals surface area contributed by atoms with Crippen LogP contribution >= 0.6 is 0 Å². The normalized spacial score (nSPS) is 12.3. The van der Waals surface area contributed by atoms with Gasteiger partial charge in [0.2, 0.25) is 0 Å². The number of nitrogens with one attached hydrogen (secondary N) is 1. The highest BCUT2D eigenvalue weighted by molar-refractivity contribution is 6.07. The molecule has 8 heteroatoms. The number of carbonyl (C=O) groups is 2. The molecular formula is C13H15N3O5. The molecule has 0 spiro atoms. The van der Waals surface area contributed by atoms with Gasteiger partial charge in [0, 0.05) is 18.7 Å². The maximum atomic E-state index is 12.3. The number of rotatable bonds is 5. The van der Waals surface area contributed by atoms with Crippen molar-refractivity contribution >= 4 is 23.0 Å². The molecule has 112 valence electrons. The van der Waals surface area contributed by atoms with E-state index in [0.717, 1.165) is 0 Å². The monoisotopic (exact) mass is 293 g/mol. The summed E-state index contributed by atoms with van der Waals surface area (Å²) in [6.07, 6.45) is -0.0725. The van der Waals surface area contributed by atoms with Crippen LogP contribution in [0.15, 0.2) is 10.6 Å². The summed E-state index contributed by atoms with van der Waals surface area (Å²) in [5.74, 6) is -1.78. The number of hydrogen-bond acceptors (Lipinski definition) is 6. The van der Waals surface area contributed by atoms with Crippen molar-refractivity contribution in [3.8, 4) is 0 Å². The lowest BCUT2D eigenvalue weighted by Gasteiger charge is -2.13. The molecule has 2 aromatic rings. The highest BCUT2D eigenvalue weighted by atomic mass is 16.5. The number of aliphatic hydroxyl groups is 1. The fourth-order valence-electron chi connectivity index (χ4n) is 2.02. The van der Waals surface area contributed by atoms with Crippen molar-refractivity contribution in [1.29, 1.82) is 0 Å². The van der Waals surface area contributed by atoms with Gasteiger partial charge in [-0.05, 0) is 19.9 Å². The summed E-state index contributed by atoms with van der Waals surface area (Å²) in [7, 11) is 0. The van der Waals surface area contributed by atoms with Crippen LogP contribution in [0, 0.1) is 13.8 Å². The number of carboxylic acid groups (broad SMARTS) is 1. The van der Waals surface area contributed by atoms with Crippen molar-refractivity contribution in [2.75, 3.05) is 6.61 Å². The molecule has 0 radical (unpaired) electrons. The Bertz CT molecular complexity index is 694. The fourth-order valence-corrected chi connectivity index (χ4v) is 2.02. The smallest absolute Gasteiger partial charge is 0.326 e. The minimum absolute atomic E-state index is 0.0725. The Morgan fingerprint density at radius 3 is 2.76 bits per heavy atom. The lowest BCUT2D eigenvalue weighted by atomic mass is 10.1. The topological polar surface area (TPSA) is 126 Å². The molecule has 0 aliphatic heterocycles. The molecule has 2 heterocycles. The van der Waals surface area contributed by atoms with Gasteiger partial charge in [-0.25, -0.2) is 9.78 Å². The van der Waals surface area contributed by atoms with Crippen LogP contribution in [0.5, 0.6) is 0 Å². The van der Waals surface area contributed by atoms with Crippen LogP contribution in [0.3, 0.4) is 0 Å². The lowest BCUT2D eigenvalue weighted by molar-refractivity contribution is -0.139. The first kappa shape index (κ1) is 14.9. The summed E-state index contributed by atoms with van der Waals surface area (Å²) in [6.45, 7) is 3.02. The van der Waals surface area contributed by atoms with Crippen LogP contribution in [0.25, 0.3) is 11.1 Å². The molecule has 2 rings (SSSR count). The second-order valence-corrected chi connectivity index (χ2v) is 4.64. The van der Waals surface area contributed by atoms with Gasteiger partial charge in [0.1, 0.15) is 6.04 Å². The maximum Gasteiger partial charge on any atom is 0.326 e. The second-order valence-electron chi connectivity index (χ2n) is 4.64. The van der Waals surface area contributed by atoms with Gasteiger partial charge in [0.25, 0.3) is 11.6 Å². The van der Waals surface area contributed by atoms with Crippen molar-refractivity contribution in [3.63, 3.8) is 0 Å². The van der Waals surface area contributed by atoms with Crippen LogP contribution in [0.4, 0.5) is 0 Å². The Labute approximate surface area is 119 Å². The van der Waals surface area contributed by atoms with Gasteiger partial charge >= 0.3 is 5.97 Å². The molecule has 0 aromatic carbocycles. The van der Waals surface area contributed by atoms with Crippen molar-refractivity contribution in [2.24, 2.45) is 0 Å². The number of aliphatic carboxylic acids is 1. The molecule has 0 fully saturated rings. The summed E-state index contributed by atoms with van der Waals surface area (Å²) < 4.78 is 5.02. The van der Waals surface area contributed by atoms with Crippen molar-refractivity contribution in [2.45, 2.75) is 26.3 Å². The number of carbonyl (C=O) groups excluding carboxylic acids is 1. The number of amides is 1. The molecule has 8 nitrogen and oxygen atoms in total. The van der Waals surface area contributed by atoms with Gasteiger partial charge in [-0.3, -0.25) is 4.79 Å². The molecule has 1 unspecified atom stereocenters. The summed E-state index contributed by atoms with van der Waals surface area (Å²) in [4.78, 5) is 27.5. The average molecular weight is 293 g/mol. The minimum Gasteiger partial charge on any atom is -0.480 e.